The summed E-state index contributed by atoms with van der Waals surface area (Å²) in [6.07, 6.45) is 5.24. The Balaban J connectivity index is 2.15. The fraction of sp³-hybridized carbons (Fsp3) is 0.111. The van der Waals surface area contributed by atoms with Gasteiger partial charge in [-0.05, 0) is 19.1 Å². The van der Waals surface area contributed by atoms with Crippen molar-refractivity contribution < 1.29 is 0 Å². The number of aromatic nitrogens is 3. The van der Waals surface area contributed by atoms with Crippen molar-refractivity contribution >= 4 is 11.6 Å². The Morgan fingerprint density at radius 2 is 2.23 bits per heavy atom. The molecule has 0 unspecified atom stereocenters. The van der Waals surface area contributed by atoms with Gasteiger partial charge in [-0.1, -0.05) is 0 Å². The van der Waals surface area contributed by atoms with E-state index in [2.05, 4.69) is 20.3 Å². The molecule has 66 valence electrons. The van der Waals surface area contributed by atoms with Crippen molar-refractivity contribution in [2.75, 3.05) is 5.32 Å². The van der Waals surface area contributed by atoms with Crippen LogP contribution in [0.5, 0.6) is 0 Å². The molecule has 0 spiro atoms. The first kappa shape index (κ1) is 7.79. The van der Waals surface area contributed by atoms with E-state index in [-0.39, 0.29) is 0 Å². The lowest BCUT2D eigenvalue weighted by atomic mass is 10.3. The second-order valence-electron chi connectivity index (χ2n) is 2.75. The minimum absolute atomic E-state index is 0.727. The van der Waals surface area contributed by atoms with Crippen LogP contribution in [0.25, 0.3) is 0 Å². The molecule has 4 heteroatoms. The number of pyridine rings is 1. The molecular formula is C9H10N4. The van der Waals surface area contributed by atoms with Crippen LogP contribution in [0.1, 0.15) is 5.69 Å². The lowest BCUT2D eigenvalue weighted by Gasteiger charge is -2.01. The van der Waals surface area contributed by atoms with Crippen molar-refractivity contribution in [3.05, 3.63) is 36.4 Å². The molecule has 2 rings (SSSR count). The van der Waals surface area contributed by atoms with Crippen molar-refractivity contribution in [2.45, 2.75) is 6.92 Å². The van der Waals surface area contributed by atoms with E-state index in [0.717, 1.165) is 17.3 Å². The standard InChI is InChI=1S/C9H10N4/c1-7-2-3-8(6-12-7)13-9-10-4-5-11-9/h2-6H,1H3,(H2,10,11,13). The van der Waals surface area contributed by atoms with Crippen LogP contribution in [-0.4, -0.2) is 15.0 Å². The first-order chi connectivity index (χ1) is 6.34. The highest BCUT2D eigenvalue weighted by Gasteiger charge is 1.94. The van der Waals surface area contributed by atoms with E-state index in [1.807, 2.05) is 19.1 Å². The third kappa shape index (κ3) is 1.84. The molecule has 2 aromatic rings. The molecule has 0 aliphatic rings. The second-order valence-corrected chi connectivity index (χ2v) is 2.75. The van der Waals surface area contributed by atoms with Gasteiger partial charge in [0.2, 0.25) is 5.95 Å². The van der Waals surface area contributed by atoms with E-state index >= 15 is 0 Å². The maximum absolute atomic E-state index is 4.16. The van der Waals surface area contributed by atoms with Gasteiger partial charge in [0.1, 0.15) is 0 Å². The number of nitrogens with zero attached hydrogens (tertiary/aromatic N) is 2. The Hall–Kier alpha value is -1.84. The minimum Gasteiger partial charge on any atom is -0.331 e. The predicted octanol–water partition coefficient (Wildman–Crippen LogP) is 1.86. The van der Waals surface area contributed by atoms with Gasteiger partial charge < -0.3 is 10.3 Å². The molecule has 0 aromatic carbocycles. The Kier molecular flexibility index (Phi) is 1.96. The average Bonchev–Trinajstić information content (AvgIpc) is 2.62. The summed E-state index contributed by atoms with van der Waals surface area (Å²) in [5, 5.41) is 3.08. The zero-order valence-electron chi connectivity index (χ0n) is 7.28. The van der Waals surface area contributed by atoms with Crippen molar-refractivity contribution in [1.82, 2.24) is 15.0 Å². The molecule has 0 fully saturated rings. The van der Waals surface area contributed by atoms with Gasteiger partial charge in [-0.25, -0.2) is 4.98 Å². The zero-order chi connectivity index (χ0) is 9.10. The largest absolute Gasteiger partial charge is 0.331 e. The summed E-state index contributed by atoms with van der Waals surface area (Å²) in [6, 6.07) is 3.91. The molecule has 0 amide bonds. The number of H-pyrrole nitrogens is 1. The van der Waals surface area contributed by atoms with Gasteiger partial charge in [0, 0.05) is 18.1 Å². The van der Waals surface area contributed by atoms with Gasteiger partial charge in [-0.15, -0.1) is 0 Å². The monoisotopic (exact) mass is 174 g/mol. The fourth-order valence-corrected chi connectivity index (χ4v) is 1.01. The molecule has 0 radical (unpaired) electrons. The number of nitrogens with one attached hydrogen (secondary N) is 2. The molecule has 4 nitrogen and oxygen atoms in total. The third-order valence-corrected chi connectivity index (χ3v) is 1.67. The highest BCUT2D eigenvalue weighted by atomic mass is 15.1. The van der Waals surface area contributed by atoms with Crippen LogP contribution >= 0.6 is 0 Å². The number of aryl methyl sites for hydroxylation is 1. The van der Waals surface area contributed by atoms with Crippen molar-refractivity contribution in [2.24, 2.45) is 0 Å². The number of hydrogen-bond donors (Lipinski definition) is 2. The van der Waals surface area contributed by atoms with E-state index in [4.69, 9.17) is 0 Å². The first-order valence-electron chi connectivity index (χ1n) is 4.03. The molecule has 2 heterocycles. The normalized spacial score (nSPS) is 9.92. The molecule has 0 aliphatic carbocycles. The van der Waals surface area contributed by atoms with E-state index in [1.54, 1.807) is 18.6 Å². The van der Waals surface area contributed by atoms with Crippen LogP contribution in [0, 0.1) is 6.92 Å². The summed E-state index contributed by atoms with van der Waals surface area (Å²) in [5.74, 6) is 0.727. The maximum atomic E-state index is 4.16. The van der Waals surface area contributed by atoms with Crippen molar-refractivity contribution in [3.8, 4) is 0 Å². The topological polar surface area (TPSA) is 53.6 Å². The van der Waals surface area contributed by atoms with Gasteiger partial charge >= 0.3 is 0 Å². The van der Waals surface area contributed by atoms with Crippen LogP contribution in [0.15, 0.2) is 30.7 Å². The molecule has 0 bridgehead atoms. The molecule has 2 aromatic heterocycles. The Morgan fingerprint density at radius 1 is 1.31 bits per heavy atom. The predicted molar refractivity (Wildman–Crippen MR) is 50.8 cm³/mol. The number of imidazole rings is 1. The van der Waals surface area contributed by atoms with Crippen LogP contribution in [0.3, 0.4) is 0 Å². The van der Waals surface area contributed by atoms with Gasteiger partial charge in [-0.2, -0.15) is 0 Å². The van der Waals surface area contributed by atoms with Crippen LogP contribution in [0.2, 0.25) is 0 Å². The summed E-state index contributed by atoms with van der Waals surface area (Å²) < 4.78 is 0. The SMILES string of the molecule is Cc1ccc(Nc2ncc[nH]2)cn1. The number of hydrogen-bond acceptors (Lipinski definition) is 3. The Labute approximate surface area is 76.1 Å². The van der Waals surface area contributed by atoms with E-state index in [0.29, 0.717) is 0 Å². The van der Waals surface area contributed by atoms with E-state index in [9.17, 15) is 0 Å². The van der Waals surface area contributed by atoms with E-state index < -0.39 is 0 Å². The average molecular weight is 174 g/mol. The van der Waals surface area contributed by atoms with Gasteiger partial charge in [0.25, 0.3) is 0 Å². The quantitative estimate of drug-likeness (QED) is 0.730. The molecule has 2 N–H and O–H groups in total. The lowest BCUT2D eigenvalue weighted by molar-refractivity contribution is 1.19. The van der Waals surface area contributed by atoms with Gasteiger partial charge in [0.15, 0.2) is 0 Å². The number of aromatic amines is 1. The summed E-state index contributed by atoms with van der Waals surface area (Å²) in [4.78, 5) is 11.1. The molecule has 0 aliphatic heterocycles. The summed E-state index contributed by atoms with van der Waals surface area (Å²) in [6.45, 7) is 1.96. The van der Waals surface area contributed by atoms with Crippen LogP contribution in [-0.2, 0) is 0 Å². The second kappa shape index (κ2) is 3.26. The number of rotatable bonds is 2. The molecule has 0 atom stereocenters. The zero-order valence-corrected chi connectivity index (χ0v) is 7.28. The van der Waals surface area contributed by atoms with Crippen molar-refractivity contribution in [1.29, 1.82) is 0 Å². The van der Waals surface area contributed by atoms with Crippen molar-refractivity contribution in [3.63, 3.8) is 0 Å². The highest BCUT2D eigenvalue weighted by molar-refractivity contribution is 5.51. The Morgan fingerprint density at radius 3 is 2.85 bits per heavy atom. The smallest absolute Gasteiger partial charge is 0.204 e. The molecule has 0 saturated carbocycles. The molecule has 0 saturated heterocycles. The lowest BCUT2D eigenvalue weighted by Crippen LogP contribution is -1.93. The summed E-state index contributed by atoms with van der Waals surface area (Å²) in [5.41, 5.74) is 1.94. The summed E-state index contributed by atoms with van der Waals surface area (Å²) >= 11 is 0. The van der Waals surface area contributed by atoms with E-state index in [1.165, 1.54) is 0 Å². The Bertz CT molecular complexity index is 363. The molecular weight excluding hydrogens is 164 g/mol. The molecule has 13 heavy (non-hydrogen) atoms. The maximum Gasteiger partial charge on any atom is 0.204 e. The first-order valence-corrected chi connectivity index (χ1v) is 4.03. The number of anilines is 2. The third-order valence-electron chi connectivity index (χ3n) is 1.67. The fourth-order valence-electron chi connectivity index (χ4n) is 1.01. The minimum atomic E-state index is 0.727. The summed E-state index contributed by atoms with van der Waals surface area (Å²) in [7, 11) is 0. The highest BCUT2D eigenvalue weighted by Crippen LogP contribution is 2.10. The van der Waals surface area contributed by atoms with Crippen LogP contribution in [0.4, 0.5) is 11.6 Å². The van der Waals surface area contributed by atoms with Gasteiger partial charge in [-0.3, -0.25) is 4.98 Å². The van der Waals surface area contributed by atoms with Crippen LogP contribution < -0.4 is 5.32 Å². The van der Waals surface area contributed by atoms with Gasteiger partial charge in [0.05, 0.1) is 11.9 Å².